The van der Waals surface area contributed by atoms with E-state index in [1.165, 1.54) is 0 Å². The van der Waals surface area contributed by atoms with Crippen LogP contribution in [0.4, 0.5) is 0 Å². The number of carbonyl (C=O) groups is 3. The van der Waals surface area contributed by atoms with Crippen LogP contribution in [0, 0.1) is 5.92 Å². The van der Waals surface area contributed by atoms with E-state index in [0.29, 0.717) is 6.42 Å². The highest BCUT2D eigenvalue weighted by molar-refractivity contribution is 5.89. The van der Waals surface area contributed by atoms with Crippen LogP contribution in [0.2, 0.25) is 0 Å². The molecular weight excluding hydrogens is 220 g/mol. The normalized spacial score (nSPS) is 16.1. The first-order valence-electron chi connectivity index (χ1n) is 4.66. The highest BCUT2D eigenvalue weighted by Gasteiger charge is 2.49. The van der Waals surface area contributed by atoms with Gasteiger partial charge in [-0.1, -0.05) is 13.3 Å². The third-order valence-corrected chi connectivity index (χ3v) is 2.24. The topological polar surface area (TPSA) is 132 Å². The molecule has 0 unspecified atom stereocenters. The van der Waals surface area contributed by atoms with Crippen molar-refractivity contribution in [2.75, 3.05) is 0 Å². The van der Waals surface area contributed by atoms with Crippen LogP contribution in [-0.4, -0.2) is 43.9 Å². The van der Waals surface area contributed by atoms with Crippen LogP contribution >= 0.6 is 0 Å². The average Bonchev–Trinajstić information content (AvgIpc) is 2.11. The first-order valence-corrected chi connectivity index (χ1v) is 4.66. The van der Waals surface area contributed by atoms with E-state index >= 15 is 0 Å². The maximum Gasteiger partial charge on any atom is 0.337 e. The monoisotopic (exact) mass is 234 g/mol. The van der Waals surface area contributed by atoms with Crippen molar-refractivity contribution in [3.8, 4) is 0 Å². The van der Waals surface area contributed by atoms with Gasteiger partial charge in [-0.25, -0.2) is 4.79 Å². The third kappa shape index (κ3) is 3.20. The molecule has 4 N–H and O–H groups in total. The molecule has 0 amide bonds. The Morgan fingerprint density at radius 1 is 1.19 bits per heavy atom. The summed E-state index contributed by atoms with van der Waals surface area (Å²) in [6, 6.07) is 0. The van der Waals surface area contributed by atoms with E-state index in [1.807, 2.05) is 0 Å². The fourth-order valence-electron chi connectivity index (χ4n) is 1.43. The number of hydrogen-bond donors (Lipinski definition) is 4. The minimum absolute atomic E-state index is 0.106. The van der Waals surface area contributed by atoms with E-state index in [-0.39, 0.29) is 6.42 Å². The molecule has 0 aromatic carbocycles. The van der Waals surface area contributed by atoms with Crippen LogP contribution in [0.25, 0.3) is 0 Å². The zero-order valence-electron chi connectivity index (χ0n) is 8.71. The SMILES string of the molecule is CCC[C@H](C(=O)O)[C@@](O)(CC(=O)O)C(=O)O. The Morgan fingerprint density at radius 2 is 1.69 bits per heavy atom. The first kappa shape index (κ1) is 14.4. The molecule has 0 bridgehead atoms. The van der Waals surface area contributed by atoms with Crippen molar-refractivity contribution in [1.82, 2.24) is 0 Å². The number of aliphatic hydroxyl groups is 1. The van der Waals surface area contributed by atoms with Gasteiger partial charge in [-0.05, 0) is 6.42 Å². The molecule has 0 aliphatic rings. The van der Waals surface area contributed by atoms with Crippen molar-refractivity contribution in [1.29, 1.82) is 0 Å². The predicted molar refractivity (Wildman–Crippen MR) is 50.9 cm³/mol. The molecule has 0 radical (unpaired) electrons. The lowest BCUT2D eigenvalue weighted by molar-refractivity contribution is -0.179. The summed E-state index contributed by atoms with van der Waals surface area (Å²) in [6.45, 7) is 1.61. The Kier molecular flexibility index (Phi) is 4.90. The van der Waals surface area contributed by atoms with E-state index in [0.717, 1.165) is 0 Å². The van der Waals surface area contributed by atoms with Gasteiger partial charge in [0.1, 0.15) is 0 Å². The summed E-state index contributed by atoms with van der Waals surface area (Å²) in [5, 5.41) is 35.7. The molecule has 7 nitrogen and oxygen atoms in total. The summed E-state index contributed by atoms with van der Waals surface area (Å²) in [5.41, 5.74) is -2.77. The highest BCUT2D eigenvalue weighted by Crippen LogP contribution is 2.27. The van der Waals surface area contributed by atoms with E-state index in [9.17, 15) is 19.5 Å². The number of aliphatic carboxylic acids is 3. The molecule has 16 heavy (non-hydrogen) atoms. The molecule has 0 fully saturated rings. The van der Waals surface area contributed by atoms with Gasteiger partial charge in [0.25, 0.3) is 0 Å². The van der Waals surface area contributed by atoms with Crippen LogP contribution in [0.1, 0.15) is 26.2 Å². The predicted octanol–water partition coefficient (Wildman–Crippen LogP) is -0.222. The molecule has 92 valence electrons. The molecule has 0 heterocycles. The number of carboxylic acids is 3. The van der Waals surface area contributed by atoms with Gasteiger partial charge in [-0.2, -0.15) is 0 Å². The molecule has 0 aliphatic carbocycles. The minimum Gasteiger partial charge on any atom is -0.481 e. The second-order valence-corrected chi connectivity index (χ2v) is 3.48. The molecule has 0 aromatic rings. The van der Waals surface area contributed by atoms with Gasteiger partial charge < -0.3 is 20.4 Å². The van der Waals surface area contributed by atoms with Crippen LogP contribution in [0.5, 0.6) is 0 Å². The lowest BCUT2D eigenvalue weighted by Crippen LogP contribution is -2.50. The summed E-state index contributed by atoms with van der Waals surface area (Å²) in [5.74, 6) is -6.55. The first-order chi connectivity index (χ1) is 7.25. The van der Waals surface area contributed by atoms with Crippen molar-refractivity contribution in [3.63, 3.8) is 0 Å². The van der Waals surface area contributed by atoms with Gasteiger partial charge in [0.2, 0.25) is 0 Å². The molecule has 0 saturated carbocycles. The van der Waals surface area contributed by atoms with Gasteiger partial charge in [0.05, 0.1) is 12.3 Å². The fourth-order valence-corrected chi connectivity index (χ4v) is 1.43. The average molecular weight is 234 g/mol. The molecule has 0 aliphatic heterocycles. The van der Waals surface area contributed by atoms with Crippen LogP contribution < -0.4 is 0 Å². The smallest absolute Gasteiger partial charge is 0.337 e. The standard InChI is InChI=1S/C9H14O7/c1-2-3-5(7(12)13)9(16,8(14)15)4-6(10)11/h5,16H,2-4H2,1H3,(H,10,11)(H,12,13)(H,14,15)/t5-,9+/m1/s1. The molecule has 0 saturated heterocycles. The Labute approximate surface area is 91.3 Å². The maximum atomic E-state index is 10.8. The van der Waals surface area contributed by atoms with Crippen LogP contribution in [0.3, 0.4) is 0 Å². The lowest BCUT2D eigenvalue weighted by Gasteiger charge is -2.27. The fraction of sp³-hybridized carbons (Fsp3) is 0.667. The Balaban J connectivity index is 5.19. The van der Waals surface area contributed by atoms with Crippen LogP contribution in [0.15, 0.2) is 0 Å². The Morgan fingerprint density at radius 3 is 1.94 bits per heavy atom. The van der Waals surface area contributed by atoms with Gasteiger partial charge >= 0.3 is 17.9 Å². The summed E-state index contributed by atoms with van der Waals surface area (Å²) >= 11 is 0. The minimum atomic E-state index is -2.77. The summed E-state index contributed by atoms with van der Waals surface area (Å²) in [6.07, 6.45) is -0.920. The number of carboxylic acid groups (broad SMARTS) is 3. The van der Waals surface area contributed by atoms with Gasteiger partial charge in [-0.15, -0.1) is 0 Å². The second kappa shape index (κ2) is 5.45. The molecule has 0 spiro atoms. The quantitative estimate of drug-likeness (QED) is 0.478. The van der Waals surface area contributed by atoms with E-state index < -0.39 is 35.8 Å². The summed E-state index contributed by atoms with van der Waals surface area (Å²) in [4.78, 5) is 32.0. The van der Waals surface area contributed by atoms with E-state index in [4.69, 9.17) is 15.3 Å². The molecule has 0 rings (SSSR count). The largest absolute Gasteiger partial charge is 0.481 e. The van der Waals surface area contributed by atoms with Gasteiger partial charge in [-0.3, -0.25) is 9.59 Å². The molecule has 0 aromatic heterocycles. The van der Waals surface area contributed by atoms with Crippen molar-refractivity contribution in [2.45, 2.75) is 31.8 Å². The Bertz CT molecular complexity index is 298. The Hall–Kier alpha value is -1.63. The van der Waals surface area contributed by atoms with Crippen molar-refractivity contribution < 1.29 is 34.8 Å². The molecule has 2 atom stereocenters. The zero-order chi connectivity index (χ0) is 12.9. The van der Waals surface area contributed by atoms with Crippen molar-refractivity contribution in [2.24, 2.45) is 5.92 Å². The van der Waals surface area contributed by atoms with Crippen LogP contribution in [-0.2, 0) is 14.4 Å². The van der Waals surface area contributed by atoms with Crippen molar-refractivity contribution in [3.05, 3.63) is 0 Å². The molecular formula is C9H14O7. The van der Waals surface area contributed by atoms with Crippen molar-refractivity contribution >= 4 is 17.9 Å². The second-order valence-electron chi connectivity index (χ2n) is 3.48. The van der Waals surface area contributed by atoms with E-state index in [2.05, 4.69) is 0 Å². The summed E-state index contributed by atoms with van der Waals surface area (Å²) < 4.78 is 0. The van der Waals surface area contributed by atoms with Gasteiger partial charge in [0.15, 0.2) is 5.60 Å². The van der Waals surface area contributed by atoms with E-state index in [1.54, 1.807) is 6.92 Å². The molecule has 7 heteroatoms. The zero-order valence-corrected chi connectivity index (χ0v) is 8.71. The number of hydrogen-bond acceptors (Lipinski definition) is 4. The number of rotatable bonds is 7. The lowest BCUT2D eigenvalue weighted by atomic mass is 9.81. The highest BCUT2D eigenvalue weighted by atomic mass is 16.4. The van der Waals surface area contributed by atoms with Gasteiger partial charge in [0, 0.05) is 0 Å². The summed E-state index contributed by atoms with van der Waals surface area (Å²) in [7, 11) is 0. The third-order valence-electron chi connectivity index (χ3n) is 2.24. The maximum absolute atomic E-state index is 10.8.